The largest absolute Gasteiger partial charge is 0.493 e. The molecule has 1 saturated heterocycles. The molecule has 4 aromatic rings. The molecule has 0 atom stereocenters. The van der Waals surface area contributed by atoms with E-state index in [1.54, 1.807) is 14.2 Å². The molecule has 36 heavy (non-hydrogen) atoms. The van der Waals surface area contributed by atoms with Crippen LogP contribution < -0.4 is 9.47 Å². The van der Waals surface area contributed by atoms with Crippen molar-refractivity contribution in [1.29, 1.82) is 0 Å². The van der Waals surface area contributed by atoms with Crippen LogP contribution in [0.1, 0.15) is 17.0 Å². The van der Waals surface area contributed by atoms with E-state index < -0.39 is 0 Å². The number of imidazole rings is 1. The second kappa shape index (κ2) is 10.8. The zero-order valence-electron chi connectivity index (χ0n) is 20.9. The van der Waals surface area contributed by atoms with Crippen molar-refractivity contribution in [3.63, 3.8) is 0 Å². The van der Waals surface area contributed by atoms with Crippen molar-refractivity contribution >= 4 is 16.9 Å². The zero-order chi connectivity index (χ0) is 24.9. The summed E-state index contributed by atoms with van der Waals surface area (Å²) in [5.41, 5.74) is 4.36. The van der Waals surface area contributed by atoms with Crippen molar-refractivity contribution in [3.8, 4) is 11.5 Å². The highest BCUT2D eigenvalue weighted by Gasteiger charge is 2.23. The Morgan fingerprint density at radius 3 is 2.28 bits per heavy atom. The van der Waals surface area contributed by atoms with Crippen molar-refractivity contribution in [2.45, 2.75) is 19.5 Å². The summed E-state index contributed by atoms with van der Waals surface area (Å²) in [6.07, 6.45) is 0.354. The molecule has 0 saturated carbocycles. The van der Waals surface area contributed by atoms with Gasteiger partial charge in [-0.25, -0.2) is 4.98 Å². The summed E-state index contributed by atoms with van der Waals surface area (Å²) in [5.74, 6) is 2.51. The van der Waals surface area contributed by atoms with E-state index in [-0.39, 0.29) is 5.91 Å². The Hall–Kier alpha value is -3.84. The van der Waals surface area contributed by atoms with Crippen molar-refractivity contribution in [2.24, 2.45) is 0 Å². The molecule has 1 aromatic heterocycles. The molecule has 0 unspecified atom stereocenters. The van der Waals surface area contributed by atoms with E-state index in [4.69, 9.17) is 14.5 Å². The molecule has 0 radical (unpaired) electrons. The van der Waals surface area contributed by atoms with Gasteiger partial charge < -0.3 is 18.9 Å². The molecule has 1 fully saturated rings. The van der Waals surface area contributed by atoms with Gasteiger partial charge in [0.1, 0.15) is 5.82 Å². The van der Waals surface area contributed by atoms with Crippen molar-refractivity contribution in [1.82, 2.24) is 19.4 Å². The maximum atomic E-state index is 13.0. The van der Waals surface area contributed by atoms with Crippen LogP contribution in [0, 0.1) is 0 Å². The van der Waals surface area contributed by atoms with Crippen LogP contribution in [0.3, 0.4) is 0 Å². The number of amides is 1. The monoisotopic (exact) mass is 484 g/mol. The Kier molecular flexibility index (Phi) is 7.18. The fourth-order valence-corrected chi connectivity index (χ4v) is 4.82. The minimum atomic E-state index is 0.137. The summed E-state index contributed by atoms with van der Waals surface area (Å²) < 4.78 is 13.0. The van der Waals surface area contributed by atoms with Crippen molar-refractivity contribution in [2.75, 3.05) is 40.4 Å². The summed E-state index contributed by atoms with van der Waals surface area (Å²) in [7, 11) is 3.22. The molecular weight excluding hydrogens is 452 g/mol. The number of para-hydroxylation sites is 2. The molecule has 0 N–H and O–H groups in total. The number of carbonyl (C=O) groups is 1. The minimum Gasteiger partial charge on any atom is -0.493 e. The van der Waals surface area contributed by atoms with Gasteiger partial charge in [0.05, 0.1) is 38.2 Å². The first-order valence-electron chi connectivity index (χ1n) is 12.3. The Balaban J connectivity index is 1.23. The summed E-state index contributed by atoms with van der Waals surface area (Å²) in [5, 5.41) is 0. The van der Waals surface area contributed by atoms with Crippen molar-refractivity contribution < 1.29 is 14.3 Å². The van der Waals surface area contributed by atoms with E-state index in [1.807, 2.05) is 35.2 Å². The molecule has 1 amide bonds. The van der Waals surface area contributed by atoms with Crippen LogP contribution >= 0.6 is 0 Å². The maximum Gasteiger partial charge on any atom is 0.227 e. The predicted octanol–water partition coefficient (Wildman–Crippen LogP) is 3.99. The van der Waals surface area contributed by atoms with Crippen LogP contribution in [-0.2, 0) is 24.3 Å². The SMILES string of the molecule is COc1ccc(CC(=O)N2CCN(Cc3nc4ccccc4n3Cc3ccccc3)CC2)cc1OC. The van der Waals surface area contributed by atoms with Gasteiger partial charge in [-0.1, -0.05) is 48.5 Å². The third kappa shape index (κ3) is 5.21. The lowest BCUT2D eigenvalue weighted by atomic mass is 10.1. The van der Waals surface area contributed by atoms with Crippen LogP contribution in [0.5, 0.6) is 11.5 Å². The van der Waals surface area contributed by atoms with Crippen LogP contribution in [0.15, 0.2) is 72.8 Å². The van der Waals surface area contributed by atoms with Crippen LogP contribution in [0.4, 0.5) is 0 Å². The zero-order valence-corrected chi connectivity index (χ0v) is 20.9. The van der Waals surface area contributed by atoms with E-state index >= 15 is 0 Å². The molecule has 186 valence electrons. The number of hydrogen-bond acceptors (Lipinski definition) is 5. The Bertz CT molecular complexity index is 1330. The molecule has 0 bridgehead atoms. The first kappa shape index (κ1) is 23.9. The number of nitrogens with zero attached hydrogens (tertiary/aromatic N) is 4. The molecule has 1 aliphatic heterocycles. The van der Waals surface area contributed by atoms with Gasteiger partial charge in [-0.15, -0.1) is 0 Å². The van der Waals surface area contributed by atoms with Gasteiger partial charge in [-0.05, 0) is 35.4 Å². The second-order valence-corrected chi connectivity index (χ2v) is 9.11. The minimum absolute atomic E-state index is 0.137. The van der Waals surface area contributed by atoms with E-state index in [0.717, 1.165) is 48.6 Å². The van der Waals surface area contributed by atoms with Gasteiger partial charge in [0.15, 0.2) is 11.5 Å². The number of fused-ring (bicyclic) bond motifs is 1. The van der Waals surface area contributed by atoms with E-state index in [9.17, 15) is 4.79 Å². The van der Waals surface area contributed by atoms with E-state index in [1.165, 1.54) is 5.56 Å². The van der Waals surface area contributed by atoms with Gasteiger partial charge in [0.25, 0.3) is 0 Å². The fourth-order valence-electron chi connectivity index (χ4n) is 4.82. The highest BCUT2D eigenvalue weighted by molar-refractivity contribution is 5.79. The average molecular weight is 485 g/mol. The predicted molar refractivity (Wildman–Crippen MR) is 140 cm³/mol. The number of benzene rings is 3. The number of hydrogen-bond donors (Lipinski definition) is 0. The number of ether oxygens (including phenoxy) is 2. The molecule has 5 rings (SSSR count). The van der Waals surface area contributed by atoms with Crippen LogP contribution in [-0.4, -0.2) is 65.7 Å². The molecule has 7 nitrogen and oxygen atoms in total. The molecule has 3 aromatic carbocycles. The maximum absolute atomic E-state index is 13.0. The first-order chi connectivity index (χ1) is 17.6. The highest BCUT2D eigenvalue weighted by atomic mass is 16.5. The highest BCUT2D eigenvalue weighted by Crippen LogP contribution is 2.28. The Labute approximate surface area is 211 Å². The van der Waals surface area contributed by atoms with Gasteiger partial charge in [-0.3, -0.25) is 9.69 Å². The average Bonchev–Trinajstić information content (AvgIpc) is 3.26. The van der Waals surface area contributed by atoms with Crippen molar-refractivity contribution in [3.05, 3.63) is 89.7 Å². The Morgan fingerprint density at radius 2 is 1.53 bits per heavy atom. The molecule has 2 heterocycles. The lowest BCUT2D eigenvalue weighted by molar-refractivity contribution is -0.132. The summed E-state index contributed by atoms with van der Waals surface area (Å²) >= 11 is 0. The van der Waals surface area contributed by atoms with E-state index in [0.29, 0.717) is 31.0 Å². The standard InChI is InChI=1S/C29H32N4O3/c1-35-26-13-12-23(18-27(26)36-2)19-29(34)32-16-14-31(15-17-32)21-28-30-24-10-6-7-11-25(24)33(28)20-22-8-4-3-5-9-22/h3-13,18H,14-17,19-21H2,1-2H3. The Morgan fingerprint density at radius 1 is 0.806 bits per heavy atom. The number of rotatable bonds is 8. The topological polar surface area (TPSA) is 59.8 Å². The van der Waals surface area contributed by atoms with Crippen LogP contribution in [0.2, 0.25) is 0 Å². The summed E-state index contributed by atoms with van der Waals surface area (Å²) in [4.78, 5) is 22.3. The van der Waals surface area contributed by atoms with Gasteiger partial charge in [0.2, 0.25) is 5.91 Å². The van der Waals surface area contributed by atoms with E-state index in [2.05, 4.69) is 51.9 Å². The smallest absolute Gasteiger partial charge is 0.227 e. The van der Waals surface area contributed by atoms with Crippen LogP contribution in [0.25, 0.3) is 11.0 Å². The molecule has 7 heteroatoms. The summed E-state index contributed by atoms with van der Waals surface area (Å²) in [6, 6.07) is 24.5. The number of carbonyl (C=O) groups excluding carboxylic acids is 1. The number of piperazine rings is 1. The second-order valence-electron chi connectivity index (χ2n) is 9.11. The molecule has 0 spiro atoms. The fraction of sp³-hybridized carbons (Fsp3) is 0.310. The van der Waals surface area contributed by atoms with Gasteiger partial charge in [0, 0.05) is 32.7 Å². The normalized spacial score (nSPS) is 14.2. The quantitative estimate of drug-likeness (QED) is 0.379. The summed E-state index contributed by atoms with van der Waals surface area (Å²) in [6.45, 7) is 4.63. The third-order valence-electron chi connectivity index (χ3n) is 6.81. The first-order valence-corrected chi connectivity index (χ1v) is 12.3. The lowest BCUT2D eigenvalue weighted by Gasteiger charge is -2.34. The van der Waals surface area contributed by atoms with Gasteiger partial charge >= 0.3 is 0 Å². The molecule has 0 aliphatic carbocycles. The number of methoxy groups -OCH3 is 2. The third-order valence-corrected chi connectivity index (χ3v) is 6.81. The van der Waals surface area contributed by atoms with Gasteiger partial charge in [-0.2, -0.15) is 0 Å². The molecular formula is C29H32N4O3. The lowest BCUT2D eigenvalue weighted by Crippen LogP contribution is -2.49. The molecule has 1 aliphatic rings. The number of aromatic nitrogens is 2.